The highest BCUT2D eigenvalue weighted by atomic mass is 35.5. The molecule has 0 saturated heterocycles. The molecule has 1 aromatic heterocycles. The van der Waals surface area contributed by atoms with Crippen LogP contribution in [0, 0.1) is 5.82 Å². The van der Waals surface area contributed by atoms with Crippen molar-refractivity contribution in [1.82, 2.24) is 9.78 Å². The number of benzene rings is 2. The number of nitrogens with zero attached hydrogens (tertiary/aromatic N) is 2. The number of ether oxygens (including phenoxy) is 2. The number of nitrogens with one attached hydrogen (secondary N) is 1. The Balaban J connectivity index is 1.67. The van der Waals surface area contributed by atoms with E-state index in [2.05, 4.69) is 10.4 Å². The average Bonchev–Trinajstić information content (AvgIpc) is 3.14. The molecule has 1 N–H and O–H groups in total. The molecule has 28 heavy (non-hydrogen) atoms. The lowest BCUT2D eigenvalue weighted by Crippen LogP contribution is -2.22. The van der Waals surface area contributed by atoms with Gasteiger partial charge in [-0.2, -0.15) is 5.10 Å². The van der Waals surface area contributed by atoms with Gasteiger partial charge in [0.05, 0.1) is 24.7 Å². The molecule has 1 heterocycles. The maximum Gasteiger partial charge on any atom is 0.363 e. The van der Waals surface area contributed by atoms with Crippen LogP contribution in [0.15, 0.2) is 54.7 Å². The number of aromatic nitrogens is 2. The molecule has 0 spiro atoms. The molecule has 3 rings (SSSR count). The summed E-state index contributed by atoms with van der Waals surface area (Å²) in [5.74, 6) is -2.05. The first-order valence-corrected chi connectivity index (χ1v) is 8.47. The molecule has 0 aliphatic rings. The van der Waals surface area contributed by atoms with E-state index >= 15 is 0 Å². The first-order valence-electron chi connectivity index (χ1n) is 8.09. The van der Waals surface area contributed by atoms with Crippen molar-refractivity contribution >= 4 is 29.2 Å². The lowest BCUT2D eigenvalue weighted by molar-refractivity contribution is -0.119. The zero-order valence-electron chi connectivity index (χ0n) is 14.7. The molecular formula is C19H15ClFN3O4. The molecule has 2 aromatic carbocycles. The summed E-state index contributed by atoms with van der Waals surface area (Å²) in [5, 5.41) is 6.69. The summed E-state index contributed by atoms with van der Waals surface area (Å²) < 4.78 is 25.2. The Hall–Kier alpha value is -3.39. The summed E-state index contributed by atoms with van der Waals surface area (Å²) in [6.07, 6.45) is 1.52. The number of hydrogen-bond donors (Lipinski definition) is 1. The summed E-state index contributed by atoms with van der Waals surface area (Å²) in [5.41, 5.74) is 0.515. The number of halogens is 2. The summed E-state index contributed by atoms with van der Waals surface area (Å²) in [6, 6.07) is 12.8. The monoisotopic (exact) mass is 403 g/mol. The van der Waals surface area contributed by atoms with E-state index in [0.29, 0.717) is 5.69 Å². The second-order valence-corrected chi connectivity index (χ2v) is 6.01. The van der Waals surface area contributed by atoms with Crippen LogP contribution in [0.3, 0.4) is 0 Å². The van der Waals surface area contributed by atoms with Crippen LogP contribution in [0.4, 0.5) is 10.1 Å². The molecule has 0 radical (unpaired) electrons. The Morgan fingerprint density at radius 3 is 2.68 bits per heavy atom. The van der Waals surface area contributed by atoms with Crippen LogP contribution in [-0.4, -0.2) is 35.4 Å². The van der Waals surface area contributed by atoms with Gasteiger partial charge in [0.25, 0.3) is 5.91 Å². The summed E-state index contributed by atoms with van der Waals surface area (Å²) in [6.45, 7) is -0.633. The molecule has 0 bridgehead atoms. The van der Waals surface area contributed by atoms with Gasteiger partial charge in [0.15, 0.2) is 12.4 Å². The smallest absolute Gasteiger partial charge is 0.363 e. The van der Waals surface area contributed by atoms with Gasteiger partial charge in [0.1, 0.15) is 5.82 Å². The second kappa shape index (κ2) is 8.53. The molecular weight excluding hydrogens is 389 g/mol. The molecule has 0 aliphatic carbocycles. The van der Waals surface area contributed by atoms with Crippen molar-refractivity contribution in [2.75, 3.05) is 19.0 Å². The van der Waals surface area contributed by atoms with Crippen molar-refractivity contribution < 1.29 is 23.5 Å². The largest absolute Gasteiger partial charge is 0.493 e. The van der Waals surface area contributed by atoms with Gasteiger partial charge in [-0.25, -0.2) is 13.9 Å². The van der Waals surface area contributed by atoms with Crippen LogP contribution in [0.2, 0.25) is 5.02 Å². The highest BCUT2D eigenvalue weighted by molar-refractivity contribution is 6.30. The maximum atomic E-state index is 13.6. The number of carbonyl (C=O) groups excluding carboxylic acids is 2. The van der Waals surface area contributed by atoms with Gasteiger partial charge < -0.3 is 14.8 Å². The van der Waals surface area contributed by atoms with Crippen molar-refractivity contribution in [2.45, 2.75) is 0 Å². The Morgan fingerprint density at radius 2 is 1.96 bits per heavy atom. The number of hydrogen-bond acceptors (Lipinski definition) is 5. The molecule has 144 valence electrons. The van der Waals surface area contributed by atoms with Crippen LogP contribution in [-0.2, 0) is 9.53 Å². The Bertz CT molecular complexity index is 1010. The van der Waals surface area contributed by atoms with Gasteiger partial charge >= 0.3 is 5.97 Å². The predicted octanol–water partition coefficient (Wildman–Crippen LogP) is 3.47. The van der Waals surface area contributed by atoms with Crippen LogP contribution < -0.4 is 10.1 Å². The van der Waals surface area contributed by atoms with E-state index in [0.717, 1.165) is 6.07 Å². The van der Waals surface area contributed by atoms with Crippen molar-refractivity contribution in [3.8, 4) is 11.4 Å². The van der Waals surface area contributed by atoms with E-state index in [1.165, 1.54) is 30.1 Å². The molecule has 1 amide bonds. The van der Waals surface area contributed by atoms with Gasteiger partial charge in [-0.15, -0.1) is 0 Å². The Kier molecular flexibility index (Phi) is 5.90. The minimum atomic E-state index is -0.853. The molecule has 7 nitrogen and oxygen atoms in total. The second-order valence-electron chi connectivity index (χ2n) is 5.57. The van der Waals surface area contributed by atoms with E-state index in [-0.39, 0.29) is 22.2 Å². The van der Waals surface area contributed by atoms with Crippen LogP contribution in [0.1, 0.15) is 10.5 Å². The molecule has 3 aromatic rings. The molecule has 0 fully saturated rings. The van der Waals surface area contributed by atoms with E-state index < -0.39 is 24.3 Å². The zero-order valence-corrected chi connectivity index (χ0v) is 15.4. The van der Waals surface area contributed by atoms with Crippen LogP contribution in [0.25, 0.3) is 5.69 Å². The topological polar surface area (TPSA) is 82.5 Å². The van der Waals surface area contributed by atoms with Gasteiger partial charge in [-0.3, -0.25) is 4.79 Å². The Labute approximate surface area is 164 Å². The van der Waals surface area contributed by atoms with Gasteiger partial charge in [-0.1, -0.05) is 29.8 Å². The molecule has 0 atom stereocenters. The lowest BCUT2D eigenvalue weighted by atomic mass is 10.3. The minimum absolute atomic E-state index is 0.0897. The number of esters is 1. The highest BCUT2D eigenvalue weighted by Crippen LogP contribution is 2.21. The zero-order chi connectivity index (χ0) is 20.1. The van der Waals surface area contributed by atoms with Crippen molar-refractivity contribution in [3.05, 3.63) is 71.3 Å². The molecule has 9 heteroatoms. The third kappa shape index (κ3) is 4.47. The van der Waals surface area contributed by atoms with Gasteiger partial charge in [0.2, 0.25) is 5.69 Å². The average molecular weight is 404 g/mol. The SMILES string of the molecule is COc1cn(-c2ccccc2)nc1C(=O)OCC(=O)Nc1cc(Cl)ccc1F. The predicted molar refractivity (Wildman–Crippen MR) is 100 cm³/mol. The highest BCUT2D eigenvalue weighted by Gasteiger charge is 2.21. The fraction of sp³-hybridized carbons (Fsp3) is 0.105. The van der Waals surface area contributed by atoms with Gasteiger partial charge in [-0.05, 0) is 30.3 Å². The molecule has 0 saturated carbocycles. The van der Waals surface area contributed by atoms with Crippen molar-refractivity contribution in [3.63, 3.8) is 0 Å². The molecule has 0 aliphatic heterocycles. The van der Waals surface area contributed by atoms with E-state index in [9.17, 15) is 14.0 Å². The number of para-hydroxylation sites is 1. The summed E-state index contributed by atoms with van der Waals surface area (Å²) >= 11 is 5.77. The first-order chi connectivity index (χ1) is 13.5. The summed E-state index contributed by atoms with van der Waals surface area (Å²) in [7, 11) is 1.39. The van der Waals surface area contributed by atoms with E-state index in [1.807, 2.05) is 18.2 Å². The van der Waals surface area contributed by atoms with Crippen LogP contribution in [0.5, 0.6) is 5.75 Å². The number of rotatable bonds is 6. The third-order valence-electron chi connectivity index (χ3n) is 3.65. The quantitative estimate of drug-likeness (QED) is 0.637. The maximum absolute atomic E-state index is 13.6. The normalized spacial score (nSPS) is 10.4. The Morgan fingerprint density at radius 1 is 1.21 bits per heavy atom. The van der Waals surface area contributed by atoms with E-state index in [1.54, 1.807) is 12.1 Å². The number of amides is 1. The van der Waals surface area contributed by atoms with E-state index in [4.69, 9.17) is 21.1 Å². The number of anilines is 1. The lowest BCUT2D eigenvalue weighted by Gasteiger charge is -2.07. The summed E-state index contributed by atoms with van der Waals surface area (Å²) in [4.78, 5) is 24.2. The van der Waals surface area contributed by atoms with Crippen molar-refractivity contribution in [2.24, 2.45) is 0 Å². The fourth-order valence-electron chi connectivity index (χ4n) is 2.34. The first kappa shape index (κ1) is 19.4. The van der Waals surface area contributed by atoms with Crippen molar-refractivity contribution in [1.29, 1.82) is 0 Å². The fourth-order valence-corrected chi connectivity index (χ4v) is 2.51. The third-order valence-corrected chi connectivity index (χ3v) is 3.89. The number of carbonyl (C=O) groups is 2. The van der Waals surface area contributed by atoms with Gasteiger partial charge in [0, 0.05) is 5.02 Å². The molecule has 0 unspecified atom stereocenters. The minimum Gasteiger partial charge on any atom is -0.493 e. The standard InChI is InChI=1S/C19H15ClFN3O4/c1-27-16-10-24(13-5-3-2-4-6-13)23-18(16)19(26)28-11-17(25)22-15-9-12(20)7-8-14(15)21/h2-10H,11H2,1H3,(H,22,25). The van der Waals surface area contributed by atoms with Crippen LogP contribution >= 0.6 is 11.6 Å². The number of methoxy groups -OCH3 is 1.